The van der Waals surface area contributed by atoms with Gasteiger partial charge in [-0.3, -0.25) is 4.79 Å². The summed E-state index contributed by atoms with van der Waals surface area (Å²) in [6.45, 7) is 5.58. The van der Waals surface area contributed by atoms with E-state index in [0.717, 1.165) is 43.7 Å². The molecule has 0 aliphatic carbocycles. The fraction of sp³-hybridized carbons (Fsp3) is 0.429. The number of amides is 1. The second-order valence-corrected chi connectivity index (χ2v) is 7.30. The Kier molecular flexibility index (Phi) is 5.86. The van der Waals surface area contributed by atoms with E-state index in [1.165, 1.54) is 6.07 Å². The van der Waals surface area contributed by atoms with E-state index >= 15 is 0 Å². The molecule has 0 unspecified atom stereocenters. The minimum Gasteiger partial charge on any atom is -0.368 e. The minimum absolute atomic E-state index is 0.0396. The average Bonchev–Trinajstić information content (AvgIpc) is 2.62. The maximum atomic E-state index is 13.3. The van der Waals surface area contributed by atoms with Gasteiger partial charge in [0.2, 0.25) is 0 Å². The van der Waals surface area contributed by atoms with E-state index in [2.05, 4.69) is 24.1 Å². The van der Waals surface area contributed by atoms with Crippen molar-refractivity contribution in [3.63, 3.8) is 0 Å². The summed E-state index contributed by atoms with van der Waals surface area (Å²) in [6, 6.07) is 10.8. The SMILES string of the molecule is CC(C)Nc1ccc(C(=O)N2CCC(Cc3cccc(F)c3)CC2)cn1. The van der Waals surface area contributed by atoms with Crippen molar-refractivity contribution < 1.29 is 9.18 Å². The van der Waals surface area contributed by atoms with Gasteiger partial charge in [-0.25, -0.2) is 9.37 Å². The largest absolute Gasteiger partial charge is 0.368 e. The smallest absolute Gasteiger partial charge is 0.255 e. The summed E-state index contributed by atoms with van der Waals surface area (Å²) in [6.07, 6.45) is 4.41. The van der Waals surface area contributed by atoms with Crippen molar-refractivity contribution in [2.45, 2.75) is 39.2 Å². The Labute approximate surface area is 154 Å². The molecule has 0 saturated carbocycles. The number of carbonyl (C=O) groups is 1. The number of aromatic nitrogens is 1. The van der Waals surface area contributed by atoms with Crippen molar-refractivity contribution in [3.8, 4) is 0 Å². The Morgan fingerprint density at radius 2 is 2.04 bits per heavy atom. The summed E-state index contributed by atoms with van der Waals surface area (Å²) in [5.74, 6) is 1.14. The quantitative estimate of drug-likeness (QED) is 0.877. The fourth-order valence-corrected chi connectivity index (χ4v) is 3.42. The van der Waals surface area contributed by atoms with E-state index in [0.29, 0.717) is 17.5 Å². The fourth-order valence-electron chi connectivity index (χ4n) is 3.42. The van der Waals surface area contributed by atoms with Crippen molar-refractivity contribution in [2.24, 2.45) is 5.92 Å². The van der Waals surface area contributed by atoms with Gasteiger partial charge in [-0.1, -0.05) is 12.1 Å². The van der Waals surface area contributed by atoms with Gasteiger partial charge in [-0.05, 0) is 68.9 Å². The third kappa shape index (κ3) is 4.81. The molecule has 1 fully saturated rings. The molecule has 3 rings (SSSR count). The minimum atomic E-state index is -0.182. The summed E-state index contributed by atoms with van der Waals surface area (Å²) in [5, 5.41) is 3.22. The number of likely N-dealkylation sites (tertiary alicyclic amines) is 1. The number of benzene rings is 1. The number of hydrogen-bond acceptors (Lipinski definition) is 3. The molecule has 0 spiro atoms. The summed E-state index contributed by atoms with van der Waals surface area (Å²) in [5.41, 5.74) is 1.66. The van der Waals surface area contributed by atoms with E-state index in [1.54, 1.807) is 18.3 Å². The van der Waals surface area contributed by atoms with Crippen molar-refractivity contribution in [2.75, 3.05) is 18.4 Å². The van der Waals surface area contributed by atoms with Crippen LogP contribution < -0.4 is 5.32 Å². The molecule has 0 atom stereocenters. The molecular weight excluding hydrogens is 329 g/mol. The standard InChI is InChI=1S/C21H26FN3O/c1-15(2)24-20-7-6-18(14-23-20)21(26)25-10-8-16(9-11-25)12-17-4-3-5-19(22)13-17/h3-7,13-16H,8-12H2,1-2H3,(H,23,24). The van der Waals surface area contributed by atoms with Crippen molar-refractivity contribution >= 4 is 11.7 Å². The molecule has 138 valence electrons. The van der Waals surface area contributed by atoms with Crippen LogP contribution in [0.15, 0.2) is 42.6 Å². The number of carbonyl (C=O) groups excluding carboxylic acids is 1. The lowest BCUT2D eigenvalue weighted by Crippen LogP contribution is -2.39. The van der Waals surface area contributed by atoms with Crippen LogP contribution in [0.2, 0.25) is 0 Å². The van der Waals surface area contributed by atoms with Gasteiger partial charge in [0.25, 0.3) is 5.91 Å². The third-order valence-corrected chi connectivity index (χ3v) is 4.76. The molecular formula is C21H26FN3O. The van der Waals surface area contributed by atoms with Gasteiger partial charge in [-0.2, -0.15) is 0 Å². The maximum absolute atomic E-state index is 13.3. The third-order valence-electron chi connectivity index (χ3n) is 4.76. The zero-order chi connectivity index (χ0) is 18.5. The first-order valence-corrected chi connectivity index (χ1v) is 9.27. The average molecular weight is 355 g/mol. The predicted molar refractivity (Wildman–Crippen MR) is 102 cm³/mol. The number of rotatable bonds is 5. The molecule has 2 heterocycles. The molecule has 1 aliphatic rings. The lowest BCUT2D eigenvalue weighted by Gasteiger charge is -2.32. The Morgan fingerprint density at radius 1 is 1.27 bits per heavy atom. The lowest BCUT2D eigenvalue weighted by atomic mass is 9.90. The van der Waals surface area contributed by atoms with Gasteiger partial charge in [-0.15, -0.1) is 0 Å². The van der Waals surface area contributed by atoms with Gasteiger partial charge >= 0.3 is 0 Å². The second kappa shape index (κ2) is 8.30. The zero-order valence-electron chi connectivity index (χ0n) is 15.4. The topological polar surface area (TPSA) is 45.2 Å². The molecule has 2 aromatic rings. The number of pyridine rings is 1. The number of hydrogen-bond donors (Lipinski definition) is 1. The van der Waals surface area contributed by atoms with Crippen LogP contribution in [0.1, 0.15) is 42.6 Å². The Bertz CT molecular complexity index is 737. The van der Waals surface area contributed by atoms with Crippen molar-refractivity contribution in [1.29, 1.82) is 0 Å². The van der Waals surface area contributed by atoms with Crippen LogP contribution in [0.25, 0.3) is 0 Å². The van der Waals surface area contributed by atoms with Gasteiger partial charge < -0.3 is 10.2 Å². The van der Waals surface area contributed by atoms with Crippen molar-refractivity contribution in [1.82, 2.24) is 9.88 Å². The predicted octanol–water partition coefficient (Wildman–Crippen LogP) is 4.14. The first-order chi connectivity index (χ1) is 12.5. The van der Waals surface area contributed by atoms with E-state index < -0.39 is 0 Å². The lowest BCUT2D eigenvalue weighted by molar-refractivity contribution is 0.0690. The van der Waals surface area contributed by atoms with Crippen LogP contribution in [0, 0.1) is 11.7 Å². The van der Waals surface area contributed by atoms with Gasteiger partial charge in [0.1, 0.15) is 11.6 Å². The zero-order valence-corrected chi connectivity index (χ0v) is 15.4. The number of nitrogens with one attached hydrogen (secondary N) is 1. The summed E-state index contributed by atoms with van der Waals surface area (Å²) >= 11 is 0. The van der Waals surface area contributed by atoms with Crippen LogP contribution >= 0.6 is 0 Å². The Hall–Kier alpha value is -2.43. The highest BCUT2D eigenvalue weighted by Crippen LogP contribution is 2.23. The molecule has 1 aromatic carbocycles. The van der Waals surface area contributed by atoms with Crippen molar-refractivity contribution in [3.05, 3.63) is 59.5 Å². The second-order valence-electron chi connectivity index (χ2n) is 7.30. The molecule has 1 N–H and O–H groups in total. The van der Waals surface area contributed by atoms with Gasteiger partial charge in [0.05, 0.1) is 5.56 Å². The first-order valence-electron chi connectivity index (χ1n) is 9.27. The Morgan fingerprint density at radius 3 is 2.65 bits per heavy atom. The normalized spacial score (nSPS) is 15.3. The van der Waals surface area contributed by atoms with Crippen LogP contribution in [0.4, 0.5) is 10.2 Å². The molecule has 1 saturated heterocycles. The summed E-state index contributed by atoms with van der Waals surface area (Å²) < 4.78 is 13.3. The number of anilines is 1. The molecule has 0 bridgehead atoms. The number of piperidine rings is 1. The van der Waals surface area contributed by atoms with Gasteiger partial charge in [0.15, 0.2) is 0 Å². The van der Waals surface area contributed by atoms with Crippen LogP contribution in [0.5, 0.6) is 0 Å². The number of halogens is 1. The Balaban J connectivity index is 1.53. The number of nitrogens with zero attached hydrogens (tertiary/aromatic N) is 2. The molecule has 26 heavy (non-hydrogen) atoms. The van der Waals surface area contributed by atoms with Gasteiger partial charge in [0, 0.05) is 25.3 Å². The van der Waals surface area contributed by atoms with E-state index in [4.69, 9.17) is 0 Å². The van der Waals surface area contributed by atoms with E-state index in [1.807, 2.05) is 23.1 Å². The molecule has 4 nitrogen and oxygen atoms in total. The molecule has 1 aliphatic heterocycles. The first kappa shape index (κ1) is 18.4. The van der Waals surface area contributed by atoms with Crippen LogP contribution in [0.3, 0.4) is 0 Å². The van der Waals surface area contributed by atoms with E-state index in [-0.39, 0.29) is 11.7 Å². The van der Waals surface area contributed by atoms with Crippen LogP contribution in [-0.2, 0) is 6.42 Å². The van der Waals surface area contributed by atoms with Crippen LogP contribution in [-0.4, -0.2) is 34.9 Å². The molecule has 1 amide bonds. The highest BCUT2D eigenvalue weighted by Gasteiger charge is 2.24. The summed E-state index contributed by atoms with van der Waals surface area (Å²) in [4.78, 5) is 18.9. The molecule has 0 radical (unpaired) electrons. The highest BCUT2D eigenvalue weighted by molar-refractivity contribution is 5.94. The van der Waals surface area contributed by atoms with E-state index in [9.17, 15) is 9.18 Å². The molecule has 5 heteroatoms. The summed E-state index contributed by atoms with van der Waals surface area (Å²) in [7, 11) is 0. The highest BCUT2D eigenvalue weighted by atomic mass is 19.1. The molecule has 1 aromatic heterocycles. The maximum Gasteiger partial charge on any atom is 0.255 e. The monoisotopic (exact) mass is 355 g/mol.